The van der Waals surface area contributed by atoms with Crippen LogP contribution in [-0.4, -0.2) is 13.1 Å². The van der Waals surface area contributed by atoms with Gasteiger partial charge < -0.3 is 10.1 Å². The van der Waals surface area contributed by atoms with E-state index in [1.165, 1.54) is 11.6 Å². The molecule has 1 N–H and O–H groups in total. The van der Waals surface area contributed by atoms with Crippen molar-refractivity contribution in [2.75, 3.05) is 13.1 Å². The van der Waals surface area contributed by atoms with E-state index < -0.39 is 5.82 Å². The molecule has 1 aliphatic heterocycles. The first-order chi connectivity index (χ1) is 11.3. The third kappa shape index (κ3) is 3.77. The molecule has 0 atom stereocenters. The monoisotopic (exact) mass is 308 g/mol. The highest BCUT2D eigenvalue weighted by Crippen LogP contribution is 2.24. The summed E-state index contributed by atoms with van der Waals surface area (Å²) in [6.45, 7) is 2.01. The van der Waals surface area contributed by atoms with Crippen molar-refractivity contribution in [2.24, 2.45) is 0 Å². The maximum Gasteiger partial charge on any atom is 0.131 e. The summed E-state index contributed by atoms with van der Waals surface area (Å²) in [6, 6.07) is 14.2. The van der Waals surface area contributed by atoms with Crippen LogP contribution < -0.4 is 10.1 Å². The second kappa shape index (κ2) is 7.08. The number of rotatable bonds is 4. The van der Waals surface area contributed by atoms with Crippen molar-refractivity contribution < 1.29 is 9.13 Å². The molecule has 2 aromatic carbocycles. The minimum Gasteiger partial charge on any atom is -0.489 e. The molecule has 0 saturated carbocycles. The average molecular weight is 308 g/mol. The average Bonchev–Trinajstić information content (AvgIpc) is 2.61. The Labute approximate surface area is 135 Å². The zero-order chi connectivity index (χ0) is 16.1. The molecule has 0 aliphatic carbocycles. The minimum atomic E-state index is -0.415. The second-order valence-electron chi connectivity index (χ2n) is 5.42. The van der Waals surface area contributed by atoms with Crippen LogP contribution in [0.2, 0.25) is 0 Å². The van der Waals surface area contributed by atoms with E-state index in [0.717, 1.165) is 25.1 Å². The Morgan fingerprint density at radius 2 is 2.13 bits per heavy atom. The number of ether oxygens (including phenoxy) is 1. The van der Waals surface area contributed by atoms with Gasteiger partial charge in [0.05, 0.1) is 11.6 Å². The number of benzene rings is 2. The van der Waals surface area contributed by atoms with E-state index in [4.69, 9.17) is 10.00 Å². The fourth-order valence-corrected chi connectivity index (χ4v) is 2.57. The van der Waals surface area contributed by atoms with Gasteiger partial charge >= 0.3 is 0 Å². The van der Waals surface area contributed by atoms with Crippen LogP contribution in [0.3, 0.4) is 0 Å². The van der Waals surface area contributed by atoms with Crippen LogP contribution in [0.1, 0.15) is 23.1 Å². The van der Waals surface area contributed by atoms with E-state index in [1.807, 2.05) is 24.3 Å². The maximum atomic E-state index is 13.9. The normalized spacial score (nSPS) is 14.0. The zero-order valence-electron chi connectivity index (χ0n) is 12.7. The molecule has 0 bridgehead atoms. The van der Waals surface area contributed by atoms with Crippen LogP contribution in [0.25, 0.3) is 5.57 Å². The van der Waals surface area contributed by atoms with Crippen LogP contribution >= 0.6 is 0 Å². The number of nitriles is 1. The van der Waals surface area contributed by atoms with Gasteiger partial charge in [-0.15, -0.1) is 0 Å². The van der Waals surface area contributed by atoms with Gasteiger partial charge in [0, 0.05) is 12.1 Å². The fourth-order valence-electron chi connectivity index (χ4n) is 2.57. The van der Waals surface area contributed by atoms with Crippen molar-refractivity contribution >= 4 is 5.57 Å². The molecule has 23 heavy (non-hydrogen) atoms. The van der Waals surface area contributed by atoms with Crippen molar-refractivity contribution in [2.45, 2.75) is 13.0 Å². The van der Waals surface area contributed by atoms with E-state index >= 15 is 0 Å². The molecule has 0 unspecified atom stereocenters. The molecule has 3 rings (SSSR count). The molecular weight excluding hydrogens is 291 g/mol. The summed E-state index contributed by atoms with van der Waals surface area (Å²) in [4.78, 5) is 0. The SMILES string of the molecule is N#Cc1ccc(COc2cccc(C3=CCNCC3)c2)c(F)c1. The molecule has 0 amide bonds. The number of hydrogen-bond acceptors (Lipinski definition) is 3. The molecule has 0 fully saturated rings. The van der Waals surface area contributed by atoms with E-state index in [1.54, 1.807) is 12.1 Å². The number of nitrogens with one attached hydrogen (secondary N) is 1. The smallest absolute Gasteiger partial charge is 0.131 e. The number of hydrogen-bond donors (Lipinski definition) is 1. The fraction of sp³-hybridized carbons (Fsp3) is 0.211. The van der Waals surface area contributed by atoms with Crippen LogP contribution in [0.5, 0.6) is 5.75 Å². The Morgan fingerprint density at radius 3 is 2.87 bits per heavy atom. The lowest BCUT2D eigenvalue weighted by Crippen LogP contribution is -2.19. The van der Waals surface area contributed by atoms with E-state index in [-0.39, 0.29) is 6.61 Å². The maximum absolute atomic E-state index is 13.9. The lowest BCUT2D eigenvalue weighted by atomic mass is 10.0. The summed E-state index contributed by atoms with van der Waals surface area (Å²) in [5.74, 6) is 0.298. The Bertz CT molecular complexity index is 777. The number of halogens is 1. The van der Waals surface area contributed by atoms with Crippen LogP contribution in [0.4, 0.5) is 4.39 Å². The zero-order valence-corrected chi connectivity index (χ0v) is 12.7. The Hall–Kier alpha value is -2.64. The quantitative estimate of drug-likeness (QED) is 0.937. The van der Waals surface area contributed by atoms with Gasteiger partial charge in [-0.3, -0.25) is 0 Å². The largest absolute Gasteiger partial charge is 0.489 e. The lowest BCUT2D eigenvalue weighted by Gasteiger charge is -2.15. The van der Waals surface area contributed by atoms with E-state index in [9.17, 15) is 4.39 Å². The third-order valence-electron chi connectivity index (χ3n) is 3.85. The van der Waals surface area contributed by atoms with Gasteiger partial charge in [0.1, 0.15) is 18.2 Å². The van der Waals surface area contributed by atoms with Gasteiger partial charge in [-0.25, -0.2) is 4.39 Å². The van der Waals surface area contributed by atoms with Gasteiger partial charge in [0.25, 0.3) is 0 Å². The molecule has 0 saturated heterocycles. The van der Waals surface area contributed by atoms with Crippen molar-refractivity contribution in [3.05, 3.63) is 71.0 Å². The molecule has 0 spiro atoms. The van der Waals surface area contributed by atoms with Crippen LogP contribution in [0.15, 0.2) is 48.5 Å². The predicted octanol–water partition coefficient (Wildman–Crippen LogP) is 3.65. The topological polar surface area (TPSA) is 45.0 Å². The van der Waals surface area contributed by atoms with Gasteiger partial charge in [0.15, 0.2) is 0 Å². The first kappa shape index (κ1) is 15.3. The first-order valence-corrected chi connectivity index (χ1v) is 7.58. The predicted molar refractivity (Wildman–Crippen MR) is 87.4 cm³/mol. The van der Waals surface area contributed by atoms with E-state index in [0.29, 0.717) is 16.9 Å². The molecule has 3 nitrogen and oxygen atoms in total. The van der Waals surface area contributed by atoms with Crippen LogP contribution in [-0.2, 0) is 6.61 Å². The molecule has 1 heterocycles. The highest BCUT2D eigenvalue weighted by atomic mass is 19.1. The minimum absolute atomic E-state index is 0.140. The Morgan fingerprint density at radius 1 is 1.22 bits per heavy atom. The van der Waals surface area contributed by atoms with Crippen molar-refractivity contribution in [1.29, 1.82) is 5.26 Å². The Balaban J connectivity index is 1.71. The van der Waals surface area contributed by atoms with Crippen LogP contribution in [0, 0.1) is 17.1 Å². The summed E-state index contributed by atoms with van der Waals surface area (Å²) < 4.78 is 19.6. The first-order valence-electron chi connectivity index (χ1n) is 7.58. The second-order valence-corrected chi connectivity index (χ2v) is 5.42. The third-order valence-corrected chi connectivity index (χ3v) is 3.85. The van der Waals surface area contributed by atoms with Crippen molar-refractivity contribution in [3.8, 4) is 11.8 Å². The van der Waals surface area contributed by atoms with Crippen molar-refractivity contribution in [3.63, 3.8) is 0 Å². The number of nitrogens with zero attached hydrogens (tertiary/aromatic N) is 1. The molecule has 0 aromatic heterocycles. The standard InChI is InChI=1S/C19H17FN2O/c20-19-10-14(12-21)4-5-17(19)13-23-18-3-1-2-16(11-18)15-6-8-22-9-7-15/h1-6,10-11,22H,7-9,13H2. The summed E-state index contributed by atoms with van der Waals surface area (Å²) in [5, 5.41) is 12.0. The summed E-state index contributed by atoms with van der Waals surface area (Å²) in [7, 11) is 0. The van der Waals surface area contributed by atoms with Crippen molar-refractivity contribution in [1.82, 2.24) is 5.32 Å². The molecule has 1 aliphatic rings. The molecule has 4 heteroatoms. The lowest BCUT2D eigenvalue weighted by molar-refractivity contribution is 0.300. The van der Waals surface area contributed by atoms with E-state index in [2.05, 4.69) is 17.5 Å². The van der Waals surface area contributed by atoms with Gasteiger partial charge in [0.2, 0.25) is 0 Å². The molecule has 116 valence electrons. The van der Waals surface area contributed by atoms with Gasteiger partial charge in [-0.1, -0.05) is 24.3 Å². The summed E-state index contributed by atoms with van der Waals surface area (Å²) in [5.41, 5.74) is 3.20. The molecule has 2 aromatic rings. The molecule has 0 radical (unpaired) electrons. The summed E-state index contributed by atoms with van der Waals surface area (Å²) >= 11 is 0. The highest BCUT2D eigenvalue weighted by molar-refractivity contribution is 5.67. The highest BCUT2D eigenvalue weighted by Gasteiger charge is 2.08. The molecular formula is C19H17FN2O. The van der Waals surface area contributed by atoms with Gasteiger partial charge in [-0.2, -0.15) is 5.26 Å². The summed E-state index contributed by atoms with van der Waals surface area (Å²) in [6.07, 6.45) is 3.18. The Kier molecular flexibility index (Phi) is 4.70. The van der Waals surface area contributed by atoms with Gasteiger partial charge in [-0.05, 0) is 48.4 Å².